The topological polar surface area (TPSA) is 46.1 Å². The Morgan fingerprint density at radius 1 is 1.40 bits per heavy atom. The number of ether oxygens (including phenoxy) is 1. The number of carbonyl (C=O) groups excluding carboxylic acids is 1. The average molecular weight is 273 g/mol. The molecule has 20 heavy (non-hydrogen) atoms. The number of quaternary nitrogens is 1. The zero-order valence-electron chi connectivity index (χ0n) is 11.8. The van der Waals surface area contributed by atoms with Crippen molar-refractivity contribution >= 4 is 17.7 Å². The van der Waals surface area contributed by atoms with Crippen LogP contribution < -0.4 is 10.2 Å². The Balaban J connectivity index is 1.90. The zero-order valence-corrected chi connectivity index (χ0v) is 11.8. The molecular weight excluding hydrogens is 252 g/mol. The number of carbonyl (C=O) groups is 1. The van der Waals surface area contributed by atoms with Crippen LogP contribution in [-0.2, 0) is 9.53 Å². The first-order valence-electron chi connectivity index (χ1n) is 7.20. The maximum absolute atomic E-state index is 11.3. The van der Waals surface area contributed by atoms with Gasteiger partial charge >= 0.3 is 5.97 Å². The van der Waals surface area contributed by atoms with E-state index in [-0.39, 0.29) is 5.97 Å². The Kier molecular flexibility index (Phi) is 3.49. The Morgan fingerprint density at radius 3 is 2.90 bits per heavy atom. The van der Waals surface area contributed by atoms with E-state index >= 15 is 0 Å². The van der Waals surface area contributed by atoms with Crippen molar-refractivity contribution in [2.75, 3.05) is 31.6 Å². The summed E-state index contributed by atoms with van der Waals surface area (Å²) in [5.74, 6) is -0.312. The highest BCUT2D eigenvalue weighted by molar-refractivity contribution is 5.88. The fraction of sp³-hybridized carbons (Fsp3) is 0.438. The second-order valence-electron chi connectivity index (χ2n) is 5.59. The molecule has 2 N–H and O–H groups in total. The van der Waals surface area contributed by atoms with Gasteiger partial charge < -0.3 is 15.0 Å². The van der Waals surface area contributed by atoms with Gasteiger partial charge in [-0.25, -0.2) is 4.79 Å². The van der Waals surface area contributed by atoms with Crippen LogP contribution in [0.25, 0.3) is 6.08 Å². The van der Waals surface area contributed by atoms with Crippen LogP contribution in [0, 0.1) is 0 Å². The minimum Gasteiger partial charge on any atom is -0.466 e. The molecule has 2 heterocycles. The first-order valence-corrected chi connectivity index (χ1v) is 7.20. The molecular formula is C16H21N2O2+. The number of rotatable bonds is 3. The van der Waals surface area contributed by atoms with Gasteiger partial charge in [0.2, 0.25) is 0 Å². The molecule has 1 aromatic carbocycles. The molecule has 2 aliphatic heterocycles. The number of para-hydroxylation sites is 1. The Morgan fingerprint density at radius 2 is 2.20 bits per heavy atom. The van der Waals surface area contributed by atoms with Gasteiger partial charge in [-0.2, -0.15) is 0 Å². The van der Waals surface area contributed by atoms with Gasteiger partial charge in [0.1, 0.15) is 18.6 Å². The number of benzene rings is 1. The van der Waals surface area contributed by atoms with Crippen LogP contribution in [0.15, 0.2) is 30.3 Å². The van der Waals surface area contributed by atoms with E-state index in [4.69, 9.17) is 0 Å². The SMILES string of the molecule is COC(=O)/C=C/c1ccccc1N1CCCC12C[NH2+]C2. The van der Waals surface area contributed by atoms with Gasteiger partial charge in [0.05, 0.1) is 7.11 Å². The Labute approximate surface area is 119 Å². The summed E-state index contributed by atoms with van der Waals surface area (Å²) in [4.78, 5) is 13.8. The second-order valence-corrected chi connectivity index (χ2v) is 5.59. The van der Waals surface area contributed by atoms with Gasteiger partial charge in [-0.3, -0.25) is 0 Å². The first kappa shape index (κ1) is 13.2. The molecule has 106 valence electrons. The molecule has 0 aromatic heterocycles. The number of nitrogens with two attached hydrogens (primary N) is 1. The molecule has 0 unspecified atom stereocenters. The largest absolute Gasteiger partial charge is 0.466 e. The number of nitrogens with zero attached hydrogens (tertiary/aromatic N) is 1. The zero-order chi connectivity index (χ0) is 14.0. The van der Waals surface area contributed by atoms with Crippen molar-refractivity contribution in [2.24, 2.45) is 0 Å². The lowest BCUT2D eigenvalue weighted by Crippen LogP contribution is -3.04. The molecule has 1 aromatic rings. The maximum atomic E-state index is 11.3. The van der Waals surface area contributed by atoms with E-state index in [1.807, 2.05) is 12.1 Å². The van der Waals surface area contributed by atoms with Crippen molar-refractivity contribution in [1.29, 1.82) is 0 Å². The molecule has 1 spiro atoms. The van der Waals surface area contributed by atoms with Crippen molar-refractivity contribution in [1.82, 2.24) is 0 Å². The molecule has 0 saturated carbocycles. The lowest BCUT2D eigenvalue weighted by atomic mass is 9.88. The number of methoxy groups -OCH3 is 1. The highest BCUT2D eigenvalue weighted by atomic mass is 16.5. The lowest BCUT2D eigenvalue weighted by Gasteiger charge is -2.44. The van der Waals surface area contributed by atoms with E-state index in [2.05, 4.69) is 33.2 Å². The molecule has 2 saturated heterocycles. The third-order valence-electron chi connectivity index (χ3n) is 4.47. The summed E-state index contributed by atoms with van der Waals surface area (Å²) >= 11 is 0. The van der Waals surface area contributed by atoms with E-state index in [0.717, 1.165) is 12.1 Å². The van der Waals surface area contributed by atoms with Crippen LogP contribution in [0.4, 0.5) is 5.69 Å². The summed E-state index contributed by atoms with van der Waals surface area (Å²) in [7, 11) is 1.40. The Bertz CT molecular complexity index is 535. The molecule has 0 radical (unpaired) electrons. The van der Waals surface area contributed by atoms with Gasteiger partial charge in [-0.1, -0.05) is 18.2 Å². The molecule has 4 heteroatoms. The van der Waals surface area contributed by atoms with E-state index in [9.17, 15) is 4.79 Å². The van der Waals surface area contributed by atoms with Crippen molar-refractivity contribution in [2.45, 2.75) is 18.4 Å². The normalized spacial score (nSPS) is 20.4. The van der Waals surface area contributed by atoms with Crippen LogP contribution >= 0.6 is 0 Å². The fourth-order valence-electron chi connectivity index (χ4n) is 3.32. The summed E-state index contributed by atoms with van der Waals surface area (Å²) in [5, 5.41) is 2.37. The van der Waals surface area contributed by atoms with Crippen LogP contribution in [0.2, 0.25) is 0 Å². The van der Waals surface area contributed by atoms with Crippen molar-refractivity contribution in [3.05, 3.63) is 35.9 Å². The maximum Gasteiger partial charge on any atom is 0.330 e. The van der Waals surface area contributed by atoms with E-state index in [1.54, 1.807) is 0 Å². The summed E-state index contributed by atoms with van der Waals surface area (Å²) < 4.78 is 4.67. The minimum absolute atomic E-state index is 0.312. The van der Waals surface area contributed by atoms with Crippen LogP contribution in [-0.4, -0.2) is 38.3 Å². The highest BCUT2D eigenvalue weighted by Crippen LogP contribution is 2.36. The van der Waals surface area contributed by atoms with Gasteiger partial charge in [0, 0.05) is 18.3 Å². The van der Waals surface area contributed by atoms with Crippen LogP contribution in [0.3, 0.4) is 0 Å². The fourth-order valence-corrected chi connectivity index (χ4v) is 3.32. The van der Waals surface area contributed by atoms with Crippen molar-refractivity contribution in [3.63, 3.8) is 0 Å². The molecule has 0 amide bonds. The monoisotopic (exact) mass is 273 g/mol. The van der Waals surface area contributed by atoms with Gasteiger partial charge in [0.15, 0.2) is 0 Å². The smallest absolute Gasteiger partial charge is 0.330 e. The van der Waals surface area contributed by atoms with Crippen LogP contribution in [0.5, 0.6) is 0 Å². The number of esters is 1. The van der Waals surface area contributed by atoms with E-state index < -0.39 is 0 Å². The standard InChI is InChI=1S/C16H20N2O2/c1-20-15(19)8-7-13-5-2-3-6-14(13)18-10-4-9-16(18)11-17-12-16/h2-3,5-8,17H,4,9-12H2,1H3/p+1/b8-7+. The summed E-state index contributed by atoms with van der Waals surface area (Å²) in [6.07, 6.45) is 5.88. The minimum atomic E-state index is -0.312. The molecule has 2 fully saturated rings. The summed E-state index contributed by atoms with van der Waals surface area (Å²) in [6.45, 7) is 3.47. The first-order chi connectivity index (χ1) is 9.75. The highest BCUT2D eigenvalue weighted by Gasteiger charge is 2.50. The van der Waals surface area contributed by atoms with E-state index in [1.165, 1.54) is 44.8 Å². The third kappa shape index (κ3) is 2.20. The van der Waals surface area contributed by atoms with E-state index in [0.29, 0.717) is 5.54 Å². The van der Waals surface area contributed by atoms with Gasteiger partial charge in [-0.15, -0.1) is 0 Å². The third-order valence-corrected chi connectivity index (χ3v) is 4.47. The molecule has 0 atom stereocenters. The number of hydrogen-bond acceptors (Lipinski definition) is 3. The molecule has 0 aliphatic carbocycles. The van der Waals surface area contributed by atoms with Crippen LogP contribution in [0.1, 0.15) is 18.4 Å². The van der Waals surface area contributed by atoms with Crippen molar-refractivity contribution < 1.29 is 14.8 Å². The predicted molar refractivity (Wildman–Crippen MR) is 78.5 cm³/mol. The summed E-state index contributed by atoms with van der Waals surface area (Å²) in [6, 6.07) is 8.29. The number of hydrogen-bond donors (Lipinski definition) is 1. The van der Waals surface area contributed by atoms with Crippen molar-refractivity contribution in [3.8, 4) is 0 Å². The van der Waals surface area contributed by atoms with Gasteiger partial charge in [0.25, 0.3) is 0 Å². The van der Waals surface area contributed by atoms with Gasteiger partial charge in [-0.05, 0) is 30.5 Å². The molecule has 0 bridgehead atoms. The predicted octanol–water partition coefficient (Wildman–Crippen LogP) is 0.789. The Hall–Kier alpha value is -1.81. The quantitative estimate of drug-likeness (QED) is 0.654. The molecule has 4 nitrogen and oxygen atoms in total. The molecule has 2 aliphatic rings. The lowest BCUT2D eigenvalue weighted by molar-refractivity contribution is -0.724. The number of anilines is 1. The second kappa shape index (κ2) is 5.29. The average Bonchev–Trinajstić information content (AvgIpc) is 2.89. The molecule has 3 rings (SSSR count). The summed E-state index contributed by atoms with van der Waals surface area (Å²) in [5.41, 5.74) is 2.67.